The first-order valence-electron chi connectivity index (χ1n) is 10.5. The predicted octanol–water partition coefficient (Wildman–Crippen LogP) is 3.26. The molecule has 1 amide bonds. The molecule has 4 rings (SSSR count). The fourth-order valence-corrected chi connectivity index (χ4v) is 5.97. The van der Waals surface area contributed by atoms with Crippen molar-refractivity contribution < 1.29 is 17.9 Å². The highest BCUT2D eigenvalue weighted by atomic mass is 32.2. The van der Waals surface area contributed by atoms with Crippen LogP contribution >= 0.6 is 0 Å². The van der Waals surface area contributed by atoms with Gasteiger partial charge >= 0.3 is 0 Å². The molecular weight excluding hydrogens is 400 g/mol. The summed E-state index contributed by atoms with van der Waals surface area (Å²) >= 11 is 0. The number of carbonyl (C=O) groups is 1. The van der Waals surface area contributed by atoms with Gasteiger partial charge in [-0.05, 0) is 54.7 Å². The number of ether oxygens (including phenoxy) is 1. The maximum absolute atomic E-state index is 13.5. The zero-order valence-electron chi connectivity index (χ0n) is 17.2. The van der Waals surface area contributed by atoms with Gasteiger partial charge < -0.3 is 10.1 Å². The van der Waals surface area contributed by atoms with Crippen LogP contribution in [-0.2, 0) is 27.8 Å². The van der Waals surface area contributed by atoms with Crippen molar-refractivity contribution in [1.29, 1.82) is 0 Å². The van der Waals surface area contributed by atoms with Crippen LogP contribution in [0.5, 0.6) is 5.75 Å². The maximum Gasteiger partial charge on any atom is 0.244 e. The van der Waals surface area contributed by atoms with Gasteiger partial charge in [-0.1, -0.05) is 43.5 Å². The average molecular weight is 429 g/mol. The molecule has 6 nitrogen and oxygen atoms in total. The van der Waals surface area contributed by atoms with Crippen molar-refractivity contribution in [3.63, 3.8) is 0 Å². The van der Waals surface area contributed by atoms with Gasteiger partial charge in [0.15, 0.2) is 0 Å². The number of hydrogen-bond acceptors (Lipinski definition) is 4. The van der Waals surface area contributed by atoms with E-state index >= 15 is 0 Å². The highest BCUT2D eigenvalue weighted by Gasteiger charge is 2.40. The fourth-order valence-electron chi connectivity index (χ4n) is 4.40. The molecule has 1 atom stereocenters. The second-order valence-corrected chi connectivity index (χ2v) is 9.95. The van der Waals surface area contributed by atoms with Crippen LogP contribution in [0.1, 0.15) is 43.2 Å². The van der Waals surface area contributed by atoms with Crippen LogP contribution in [0.25, 0.3) is 0 Å². The molecular formula is C23H28N2O4S. The molecule has 0 radical (unpaired) electrons. The zero-order chi connectivity index (χ0) is 21.1. The molecule has 1 aliphatic carbocycles. The molecule has 1 fully saturated rings. The van der Waals surface area contributed by atoms with Crippen LogP contribution in [-0.4, -0.2) is 37.8 Å². The second-order valence-electron chi connectivity index (χ2n) is 8.06. The average Bonchev–Trinajstić information content (AvgIpc) is 2.79. The summed E-state index contributed by atoms with van der Waals surface area (Å²) < 4.78 is 33.5. The number of nitrogens with zero attached hydrogens (tertiary/aromatic N) is 1. The smallest absolute Gasteiger partial charge is 0.244 e. The number of methoxy groups -OCH3 is 1. The summed E-state index contributed by atoms with van der Waals surface area (Å²) in [5.41, 5.74) is 1.97. The minimum Gasteiger partial charge on any atom is -0.497 e. The minimum absolute atomic E-state index is 0.133. The fraction of sp³-hybridized carbons (Fsp3) is 0.435. The van der Waals surface area contributed by atoms with E-state index in [1.807, 2.05) is 24.3 Å². The predicted molar refractivity (Wildman–Crippen MR) is 115 cm³/mol. The van der Waals surface area contributed by atoms with Crippen LogP contribution in [0.3, 0.4) is 0 Å². The maximum atomic E-state index is 13.5. The van der Waals surface area contributed by atoms with E-state index in [0.29, 0.717) is 12.2 Å². The van der Waals surface area contributed by atoms with E-state index < -0.39 is 16.1 Å². The summed E-state index contributed by atoms with van der Waals surface area (Å²) in [6.07, 6.45) is 5.70. The molecule has 1 aliphatic heterocycles. The quantitative estimate of drug-likeness (QED) is 0.793. The lowest BCUT2D eigenvalue weighted by Crippen LogP contribution is -2.54. The van der Waals surface area contributed by atoms with Crippen LogP contribution in [0.15, 0.2) is 53.4 Å². The number of sulfonamides is 1. The van der Waals surface area contributed by atoms with Gasteiger partial charge in [-0.25, -0.2) is 8.42 Å². The first-order valence-corrected chi connectivity index (χ1v) is 12.0. The highest BCUT2D eigenvalue weighted by molar-refractivity contribution is 7.89. The van der Waals surface area contributed by atoms with Gasteiger partial charge in [0.1, 0.15) is 11.8 Å². The van der Waals surface area contributed by atoms with Gasteiger partial charge in [-0.3, -0.25) is 4.79 Å². The molecule has 30 heavy (non-hydrogen) atoms. The Morgan fingerprint density at radius 2 is 1.67 bits per heavy atom. The molecule has 0 spiro atoms. The first kappa shape index (κ1) is 20.9. The number of carbonyl (C=O) groups excluding carboxylic acids is 1. The van der Waals surface area contributed by atoms with Crippen LogP contribution in [0, 0.1) is 0 Å². The first-order chi connectivity index (χ1) is 14.5. The van der Waals surface area contributed by atoms with Gasteiger partial charge in [-0.2, -0.15) is 4.31 Å². The van der Waals surface area contributed by atoms with E-state index in [0.717, 1.165) is 36.8 Å². The Bertz CT molecular complexity index is 998. The lowest BCUT2D eigenvalue weighted by molar-refractivity contribution is -0.126. The normalized spacial score (nSPS) is 20.4. The Morgan fingerprint density at radius 3 is 2.33 bits per heavy atom. The number of fused-ring (bicyclic) bond motifs is 1. The zero-order valence-corrected chi connectivity index (χ0v) is 18.0. The summed E-state index contributed by atoms with van der Waals surface area (Å²) in [5.74, 6) is 0.387. The standard InChI is InChI=1S/C23H28N2O4S/c1-29-20-11-13-21(14-12-20)30(27,28)25-16-18-8-6-5-7-17(18)15-22(25)23(26)24-19-9-3-2-4-10-19/h5-8,11-14,19,22H,2-4,9-10,15-16H2,1H3,(H,24,26). The van der Waals surface area contributed by atoms with E-state index in [1.54, 1.807) is 12.1 Å². The summed E-state index contributed by atoms with van der Waals surface area (Å²) in [7, 11) is -2.31. The Morgan fingerprint density at radius 1 is 1.00 bits per heavy atom. The van der Waals surface area contributed by atoms with Crippen molar-refractivity contribution in [3.05, 3.63) is 59.7 Å². The Hall–Kier alpha value is -2.38. The van der Waals surface area contributed by atoms with Crippen molar-refractivity contribution >= 4 is 15.9 Å². The number of nitrogens with one attached hydrogen (secondary N) is 1. The number of hydrogen-bond donors (Lipinski definition) is 1. The summed E-state index contributed by atoms with van der Waals surface area (Å²) in [4.78, 5) is 13.4. The number of amides is 1. The summed E-state index contributed by atoms with van der Waals surface area (Å²) in [6, 6.07) is 13.4. The molecule has 7 heteroatoms. The van der Waals surface area contributed by atoms with Gasteiger partial charge in [0.05, 0.1) is 12.0 Å². The molecule has 1 saturated carbocycles. The monoisotopic (exact) mass is 428 g/mol. The minimum atomic E-state index is -3.85. The van der Waals surface area contributed by atoms with Crippen molar-refractivity contribution in [2.75, 3.05) is 7.11 Å². The summed E-state index contributed by atoms with van der Waals surface area (Å²) in [6.45, 7) is 0.188. The van der Waals surface area contributed by atoms with E-state index in [-0.39, 0.29) is 23.4 Å². The molecule has 2 aromatic carbocycles. The third-order valence-corrected chi connectivity index (χ3v) is 7.99. The Kier molecular flexibility index (Phi) is 6.11. The van der Waals surface area contributed by atoms with E-state index in [1.165, 1.54) is 30.0 Å². The molecule has 0 saturated heterocycles. The van der Waals surface area contributed by atoms with E-state index in [9.17, 15) is 13.2 Å². The molecule has 1 unspecified atom stereocenters. The molecule has 0 aromatic heterocycles. The molecule has 1 N–H and O–H groups in total. The van der Waals surface area contributed by atoms with Crippen LogP contribution in [0.2, 0.25) is 0 Å². The summed E-state index contributed by atoms with van der Waals surface area (Å²) in [5, 5.41) is 3.13. The van der Waals surface area contributed by atoms with Crippen molar-refractivity contribution in [3.8, 4) is 5.75 Å². The second kappa shape index (κ2) is 8.78. The van der Waals surface area contributed by atoms with Crippen molar-refractivity contribution in [2.24, 2.45) is 0 Å². The Balaban J connectivity index is 1.65. The number of benzene rings is 2. The molecule has 2 aromatic rings. The van der Waals surface area contributed by atoms with E-state index in [2.05, 4.69) is 5.32 Å². The van der Waals surface area contributed by atoms with Gasteiger partial charge in [0, 0.05) is 12.6 Å². The van der Waals surface area contributed by atoms with Gasteiger partial charge in [-0.15, -0.1) is 0 Å². The van der Waals surface area contributed by atoms with Gasteiger partial charge in [0.25, 0.3) is 0 Å². The van der Waals surface area contributed by atoms with Gasteiger partial charge in [0.2, 0.25) is 15.9 Å². The topological polar surface area (TPSA) is 75.7 Å². The number of rotatable bonds is 5. The third-order valence-electron chi connectivity index (χ3n) is 6.13. The SMILES string of the molecule is COc1ccc(S(=O)(=O)N2Cc3ccccc3CC2C(=O)NC2CCCCC2)cc1. The molecule has 0 bridgehead atoms. The van der Waals surface area contributed by atoms with Crippen LogP contribution < -0.4 is 10.1 Å². The van der Waals surface area contributed by atoms with Crippen molar-refractivity contribution in [1.82, 2.24) is 9.62 Å². The molecule has 2 aliphatic rings. The highest BCUT2D eigenvalue weighted by Crippen LogP contribution is 2.30. The van der Waals surface area contributed by atoms with Crippen molar-refractivity contribution in [2.45, 2.75) is 62.0 Å². The molecule has 160 valence electrons. The Labute approximate surface area is 178 Å². The molecule has 1 heterocycles. The van der Waals surface area contributed by atoms with Crippen LogP contribution in [0.4, 0.5) is 0 Å². The lowest BCUT2D eigenvalue weighted by Gasteiger charge is -2.36. The lowest BCUT2D eigenvalue weighted by atomic mass is 9.93. The third kappa shape index (κ3) is 4.23. The largest absolute Gasteiger partial charge is 0.497 e. The van der Waals surface area contributed by atoms with E-state index in [4.69, 9.17) is 4.74 Å².